The molecule has 0 aliphatic heterocycles. The molecule has 1 aromatic heterocycles. The van der Waals surface area contributed by atoms with E-state index >= 15 is 0 Å². The molecule has 0 aliphatic carbocycles. The molecule has 0 fully saturated rings. The van der Waals surface area contributed by atoms with E-state index in [-0.39, 0.29) is 0 Å². The highest BCUT2D eigenvalue weighted by Crippen LogP contribution is 2.38. The van der Waals surface area contributed by atoms with Gasteiger partial charge in [-0.1, -0.05) is 36.4 Å². The molecular weight excluding hydrogens is 238 g/mol. The Bertz CT molecular complexity index is 889. The van der Waals surface area contributed by atoms with Gasteiger partial charge in [0, 0.05) is 25.9 Å². The van der Waals surface area contributed by atoms with Crippen molar-refractivity contribution in [3.05, 3.63) is 54.6 Å². The van der Waals surface area contributed by atoms with Gasteiger partial charge in [0.15, 0.2) is 0 Å². The smallest absolute Gasteiger partial charge is 0.0376 e. The molecule has 2 N–H and O–H groups in total. The average Bonchev–Trinajstić information content (AvgIpc) is 2.76. The minimum atomic E-state index is 0.832. The first-order valence-corrected chi connectivity index (χ1v) is 6.74. The maximum absolute atomic E-state index is 5.87. The van der Waals surface area contributed by atoms with E-state index in [2.05, 4.69) is 48.5 Å². The van der Waals surface area contributed by atoms with Gasteiger partial charge in [0.25, 0.3) is 0 Å². The molecule has 4 rings (SSSR count). The van der Waals surface area contributed by atoms with E-state index in [0.717, 1.165) is 5.69 Å². The molecule has 0 radical (unpaired) electrons. The van der Waals surface area contributed by atoms with Gasteiger partial charge in [-0.25, -0.2) is 0 Å². The van der Waals surface area contributed by atoms with Gasteiger partial charge in [-0.05, 0) is 29.0 Å². The predicted octanol–water partition coefficient (Wildman–Crippen LogP) is 4.79. The van der Waals surface area contributed by atoms with E-state index in [1.165, 1.54) is 30.9 Å². The Kier molecular flexibility index (Phi) is 1.91. The van der Waals surface area contributed by atoms with E-state index < -0.39 is 0 Å². The first-order valence-electron chi connectivity index (χ1n) is 5.92. The highest BCUT2D eigenvalue weighted by Gasteiger charge is 2.08. The normalized spacial score (nSPS) is 11.6. The summed E-state index contributed by atoms with van der Waals surface area (Å²) in [5.41, 5.74) is 6.70. The highest BCUT2D eigenvalue weighted by atomic mass is 32.1. The lowest BCUT2D eigenvalue weighted by molar-refractivity contribution is 1.79. The van der Waals surface area contributed by atoms with Crippen LogP contribution < -0.4 is 5.73 Å². The number of anilines is 1. The summed E-state index contributed by atoms with van der Waals surface area (Å²) in [6, 6.07) is 19.1. The van der Waals surface area contributed by atoms with E-state index in [1.807, 2.05) is 17.4 Å². The van der Waals surface area contributed by atoms with Gasteiger partial charge in [0.1, 0.15) is 0 Å². The van der Waals surface area contributed by atoms with Crippen LogP contribution in [0.5, 0.6) is 0 Å². The highest BCUT2D eigenvalue weighted by molar-refractivity contribution is 7.26. The number of hydrogen-bond acceptors (Lipinski definition) is 2. The van der Waals surface area contributed by atoms with Gasteiger partial charge >= 0.3 is 0 Å². The Morgan fingerprint density at radius 2 is 1.67 bits per heavy atom. The summed E-state index contributed by atoms with van der Waals surface area (Å²) < 4.78 is 2.59. The van der Waals surface area contributed by atoms with E-state index in [4.69, 9.17) is 5.73 Å². The topological polar surface area (TPSA) is 26.0 Å². The number of nitrogen functional groups attached to an aromatic ring is 1. The molecule has 0 unspecified atom stereocenters. The van der Waals surface area contributed by atoms with Crippen molar-refractivity contribution in [2.75, 3.05) is 5.73 Å². The second-order valence-electron chi connectivity index (χ2n) is 4.52. The van der Waals surface area contributed by atoms with Crippen molar-refractivity contribution >= 4 is 48.0 Å². The second kappa shape index (κ2) is 3.47. The minimum absolute atomic E-state index is 0.832. The van der Waals surface area contributed by atoms with Crippen LogP contribution in [0.3, 0.4) is 0 Å². The molecule has 0 aliphatic rings. The number of hydrogen-bond donors (Lipinski definition) is 1. The van der Waals surface area contributed by atoms with Crippen LogP contribution in [0.15, 0.2) is 54.6 Å². The predicted molar refractivity (Wildman–Crippen MR) is 81.2 cm³/mol. The fraction of sp³-hybridized carbons (Fsp3) is 0. The monoisotopic (exact) mass is 249 g/mol. The number of benzene rings is 3. The van der Waals surface area contributed by atoms with Crippen LogP contribution in [-0.4, -0.2) is 0 Å². The van der Waals surface area contributed by atoms with Gasteiger partial charge in [-0.3, -0.25) is 0 Å². The molecular formula is C16H11NS. The minimum Gasteiger partial charge on any atom is -0.399 e. The lowest BCUT2D eigenvalue weighted by Crippen LogP contribution is -1.81. The molecule has 18 heavy (non-hydrogen) atoms. The summed E-state index contributed by atoms with van der Waals surface area (Å²) >= 11 is 1.81. The third kappa shape index (κ3) is 1.27. The fourth-order valence-electron chi connectivity index (χ4n) is 2.56. The third-order valence-corrected chi connectivity index (χ3v) is 4.50. The van der Waals surface area contributed by atoms with Gasteiger partial charge in [-0.2, -0.15) is 0 Å². The van der Waals surface area contributed by atoms with Crippen molar-refractivity contribution < 1.29 is 0 Å². The summed E-state index contributed by atoms with van der Waals surface area (Å²) in [5, 5.41) is 5.28. The van der Waals surface area contributed by atoms with Crippen LogP contribution >= 0.6 is 11.3 Å². The first kappa shape index (κ1) is 9.92. The zero-order valence-corrected chi connectivity index (χ0v) is 10.5. The van der Waals surface area contributed by atoms with Crippen molar-refractivity contribution in [2.45, 2.75) is 0 Å². The average molecular weight is 249 g/mol. The number of rotatable bonds is 0. The Morgan fingerprint density at radius 3 is 2.61 bits per heavy atom. The molecule has 86 valence electrons. The maximum atomic E-state index is 5.87. The van der Waals surface area contributed by atoms with E-state index in [1.54, 1.807) is 0 Å². The summed E-state index contributed by atoms with van der Waals surface area (Å²) in [4.78, 5) is 0. The van der Waals surface area contributed by atoms with Gasteiger partial charge < -0.3 is 5.73 Å². The van der Waals surface area contributed by atoms with Crippen LogP contribution in [0.25, 0.3) is 30.9 Å². The molecule has 1 heterocycles. The van der Waals surface area contributed by atoms with Crippen LogP contribution in [0, 0.1) is 0 Å². The summed E-state index contributed by atoms with van der Waals surface area (Å²) in [5.74, 6) is 0. The summed E-state index contributed by atoms with van der Waals surface area (Å²) in [6.07, 6.45) is 0. The van der Waals surface area contributed by atoms with Gasteiger partial charge in [0.05, 0.1) is 0 Å². The summed E-state index contributed by atoms with van der Waals surface area (Å²) in [7, 11) is 0. The number of nitrogens with two attached hydrogens (primary N) is 1. The lowest BCUT2D eigenvalue weighted by Gasteiger charge is -2.00. The Labute approximate surface area is 108 Å². The second-order valence-corrected chi connectivity index (χ2v) is 5.60. The zero-order valence-electron chi connectivity index (χ0n) is 9.68. The molecule has 1 nitrogen and oxygen atoms in total. The Balaban J connectivity index is 2.33. The molecule has 3 aromatic carbocycles. The summed E-state index contributed by atoms with van der Waals surface area (Å²) in [6.45, 7) is 0. The zero-order chi connectivity index (χ0) is 12.1. The van der Waals surface area contributed by atoms with Crippen molar-refractivity contribution in [2.24, 2.45) is 0 Å². The Morgan fingerprint density at radius 1 is 0.778 bits per heavy atom. The lowest BCUT2D eigenvalue weighted by atomic mass is 10.0. The van der Waals surface area contributed by atoms with Crippen LogP contribution in [-0.2, 0) is 0 Å². The molecule has 0 atom stereocenters. The molecule has 0 spiro atoms. The molecule has 4 aromatic rings. The van der Waals surface area contributed by atoms with Crippen LogP contribution in [0.1, 0.15) is 0 Å². The van der Waals surface area contributed by atoms with E-state index in [0.29, 0.717) is 0 Å². The van der Waals surface area contributed by atoms with Crippen molar-refractivity contribution in [3.63, 3.8) is 0 Å². The van der Waals surface area contributed by atoms with Crippen molar-refractivity contribution in [1.82, 2.24) is 0 Å². The molecule has 0 bridgehead atoms. The fourth-order valence-corrected chi connectivity index (χ4v) is 3.73. The van der Waals surface area contributed by atoms with Crippen LogP contribution in [0.4, 0.5) is 5.69 Å². The largest absolute Gasteiger partial charge is 0.399 e. The SMILES string of the molecule is Nc1ccc2c(c1)sc1ccc3ccccc3c12. The number of thiophene rings is 1. The van der Waals surface area contributed by atoms with E-state index in [9.17, 15) is 0 Å². The molecule has 0 amide bonds. The Hall–Kier alpha value is -2.06. The van der Waals surface area contributed by atoms with Crippen molar-refractivity contribution in [3.8, 4) is 0 Å². The van der Waals surface area contributed by atoms with Crippen molar-refractivity contribution in [1.29, 1.82) is 0 Å². The van der Waals surface area contributed by atoms with Crippen LogP contribution in [0.2, 0.25) is 0 Å². The molecule has 0 saturated heterocycles. The standard InChI is InChI=1S/C16H11NS/c17-11-6-7-13-15(9-11)18-14-8-5-10-3-1-2-4-12(10)16(13)14/h1-9H,17H2. The number of fused-ring (bicyclic) bond motifs is 5. The molecule has 2 heteroatoms. The third-order valence-electron chi connectivity index (χ3n) is 3.39. The maximum Gasteiger partial charge on any atom is 0.0376 e. The van der Waals surface area contributed by atoms with Gasteiger partial charge in [-0.15, -0.1) is 11.3 Å². The van der Waals surface area contributed by atoms with Gasteiger partial charge in [0.2, 0.25) is 0 Å². The quantitative estimate of drug-likeness (QED) is 0.445. The molecule has 0 saturated carbocycles. The first-order chi connectivity index (χ1) is 8.83.